The summed E-state index contributed by atoms with van der Waals surface area (Å²) in [6, 6.07) is 5.00. The lowest BCUT2D eigenvalue weighted by Crippen LogP contribution is -2.27. The number of hydrogen-bond donors (Lipinski definition) is 1. The molecular formula is C15H9ClF3N3O7S. The molecule has 1 N–H and O–H groups in total. The number of alkyl halides is 3. The van der Waals surface area contributed by atoms with E-state index in [9.17, 15) is 41.3 Å². The summed E-state index contributed by atoms with van der Waals surface area (Å²) in [5.41, 5.74) is -7.61. The second kappa shape index (κ2) is 8.62. The number of benzene rings is 1. The van der Waals surface area contributed by atoms with Gasteiger partial charge in [0.1, 0.15) is 5.69 Å². The van der Waals surface area contributed by atoms with Gasteiger partial charge in [-0.1, -0.05) is 11.6 Å². The molecule has 0 radical (unpaired) electrons. The van der Waals surface area contributed by atoms with E-state index in [1.54, 1.807) is 0 Å². The number of nitrogens with one attached hydrogen (secondary N) is 1. The molecule has 0 spiro atoms. The number of nitro groups is 1. The highest BCUT2D eigenvalue weighted by molar-refractivity contribution is 7.92. The molecule has 0 saturated heterocycles. The molecule has 2 aromatic rings. The Bertz CT molecular complexity index is 1120. The summed E-state index contributed by atoms with van der Waals surface area (Å²) in [4.78, 5) is 37.1. The van der Waals surface area contributed by atoms with Crippen LogP contribution < -0.4 is 5.32 Å². The third-order valence-electron chi connectivity index (χ3n) is 3.32. The summed E-state index contributed by atoms with van der Waals surface area (Å²) in [7, 11) is -5.96. The van der Waals surface area contributed by atoms with Crippen LogP contribution in [0.25, 0.3) is 0 Å². The highest BCUT2D eigenvalue weighted by atomic mass is 35.5. The van der Waals surface area contributed by atoms with Gasteiger partial charge in [-0.05, 0) is 24.3 Å². The van der Waals surface area contributed by atoms with Gasteiger partial charge in [-0.3, -0.25) is 14.9 Å². The van der Waals surface area contributed by atoms with Crippen molar-refractivity contribution in [1.29, 1.82) is 0 Å². The number of pyridine rings is 1. The van der Waals surface area contributed by atoms with Crippen molar-refractivity contribution in [2.24, 2.45) is 0 Å². The maximum atomic E-state index is 12.7. The van der Waals surface area contributed by atoms with E-state index in [1.807, 2.05) is 0 Å². The number of nitrogens with zero attached hydrogens (tertiary/aromatic N) is 2. The van der Waals surface area contributed by atoms with E-state index in [4.69, 9.17) is 11.6 Å². The fraction of sp³-hybridized carbons (Fsp3) is 0.133. The van der Waals surface area contributed by atoms with Crippen LogP contribution in [0.1, 0.15) is 10.4 Å². The van der Waals surface area contributed by atoms with E-state index in [0.29, 0.717) is 0 Å². The van der Waals surface area contributed by atoms with E-state index >= 15 is 0 Å². The zero-order valence-electron chi connectivity index (χ0n) is 14.3. The fourth-order valence-corrected chi connectivity index (χ4v) is 3.05. The Morgan fingerprint density at radius 3 is 2.53 bits per heavy atom. The quantitative estimate of drug-likeness (QED) is 0.387. The normalized spacial score (nSPS) is 11.6. The smallest absolute Gasteiger partial charge is 0.452 e. The number of aromatic nitrogens is 1. The van der Waals surface area contributed by atoms with Crippen molar-refractivity contribution >= 4 is 44.7 Å². The van der Waals surface area contributed by atoms with Gasteiger partial charge in [-0.25, -0.2) is 18.2 Å². The molecule has 0 atom stereocenters. The number of ether oxygens (including phenoxy) is 1. The van der Waals surface area contributed by atoms with Crippen molar-refractivity contribution in [3.8, 4) is 0 Å². The minimum absolute atomic E-state index is 0.0149. The Labute approximate surface area is 170 Å². The molecule has 2 rings (SSSR count). The van der Waals surface area contributed by atoms with Crippen molar-refractivity contribution in [2.45, 2.75) is 10.5 Å². The molecule has 1 aromatic carbocycles. The van der Waals surface area contributed by atoms with E-state index in [2.05, 4.69) is 15.0 Å². The van der Waals surface area contributed by atoms with Gasteiger partial charge < -0.3 is 10.1 Å². The van der Waals surface area contributed by atoms with E-state index in [-0.39, 0.29) is 10.7 Å². The summed E-state index contributed by atoms with van der Waals surface area (Å²) in [6.45, 7) is -1.08. The molecule has 0 aliphatic rings. The standard InChI is InChI=1S/C15H9ClF3N3O7S/c16-8-3-4-10(11(6-8)22(25)26)21-12(23)7-29-14(24)9-2-1-5-20-13(9)30(27,28)15(17,18)19/h1-6H,7H2,(H,21,23). The van der Waals surface area contributed by atoms with Crippen LogP contribution >= 0.6 is 11.6 Å². The summed E-state index contributed by atoms with van der Waals surface area (Å²) in [5, 5.41) is 11.5. The predicted molar refractivity (Wildman–Crippen MR) is 94.5 cm³/mol. The van der Waals surface area contributed by atoms with Crippen molar-refractivity contribution in [3.05, 3.63) is 57.2 Å². The monoisotopic (exact) mass is 467 g/mol. The van der Waals surface area contributed by atoms with Crippen LogP contribution in [0.2, 0.25) is 5.02 Å². The third kappa shape index (κ3) is 5.01. The first-order valence-corrected chi connectivity index (χ1v) is 9.38. The molecule has 1 heterocycles. The Balaban J connectivity index is 2.17. The molecule has 1 aromatic heterocycles. The summed E-state index contributed by atoms with van der Waals surface area (Å²) in [5.74, 6) is -2.66. The number of sulfone groups is 1. The lowest BCUT2D eigenvalue weighted by Gasteiger charge is -2.11. The highest BCUT2D eigenvalue weighted by Crippen LogP contribution is 2.31. The van der Waals surface area contributed by atoms with E-state index in [0.717, 1.165) is 30.5 Å². The largest absolute Gasteiger partial charge is 0.503 e. The summed E-state index contributed by atoms with van der Waals surface area (Å²) < 4.78 is 65.8. The van der Waals surface area contributed by atoms with Crippen LogP contribution in [-0.2, 0) is 19.4 Å². The zero-order valence-corrected chi connectivity index (χ0v) is 15.9. The first-order chi connectivity index (χ1) is 13.8. The van der Waals surface area contributed by atoms with Gasteiger partial charge in [0.2, 0.25) is 0 Å². The van der Waals surface area contributed by atoms with Gasteiger partial charge in [0.15, 0.2) is 11.6 Å². The van der Waals surface area contributed by atoms with Gasteiger partial charge in [-0.15, -0.1) is 0 Å². The molecule has 0 fully saturated rings. The number of esters is 1. The van der Waals surface area contributed by atoms with Gasteiger partial charge in [-0.2, -0.15) is 13.2 Å². The van der Waals surface area contributed by atoms with Crippen LogP contribution in [0.4, 0.5) is 24.5 Å². The Morgan fingerprint density at radius 1 is 1.27 bits per heavy atom. The average Bonchev–Trinajstić information content (AvgIpc) is 2.66. The zero-order chi connectivity index (χ0) is 22.7. The molecule has 30 heavy (non-hydrogen) atoms. The summed E-state index contributed by atoms with van der Waals surface area (Å²) >= 11 is 5.63. The van der Waals surface area contributed by atoms with Crippen molar-refractivity contribution in [2.75, 3.05) is 11.9 Å². The molecule has 0 aliphatic heterocycles. The number of carbonyl (C=O) groups is 2. The van der Waals surface area contributed by atoms with Crippen LogP contribution in [-0.4, -0.2) is 42.3 Å². The van der Waals surface area contributed by atoms with Gasteiger partial charge in [0, 0.05) is 17.3 Å². The number of carbonyl (C=O) groups excluding carboxylic acids is 2. The molecule has 10 nitrogen and oxygen atoms in total. The molecule has 0 unspecified atom stereocenters. The number of rotatable bonds is 6. The van der Waals surface area contributed by atoms with E-state index < -0.39 is 55.0 Å². The molecule has 0 saturated carbocycles. The number of anilines is 1. The minimum atomic E-state index is -5.96. The number of halogens is 4. The van der Waals surface area contributed by atoms with Crippen LogP contribution in [0.5, 0.6) is 0 Å². The van der Waals surface area contributed by atoms with Gasteiger partial charge >= 0.3 is 11.5 Å². The SMILES string of the molecule is O=C(COC(=O)c1cccnc1S(=O)(=O)C(F)(F)F)Nc1ccc(Cl)cc1[N+](=O)[O-]. The summed E-state index contributed by atoms with van der Waals surface area (Å²) in [6.07, 6.45) is 0.724. The predicted octanol–water partition coefficient (Wildman–Crippen LogP) is 2.73. The van der Waals surface area contributed by atoms with Crippen LogP contribution in [0.3, 0.4) is 0 Å². The number of nitro benzene ring substituents is 1. The molecule has 1 amide bonds. The fourth-order valence-electron chi connectivity index (χ4n) is 2.03. The second-order valence-electron chi connectivity index (χ2n) is 5.35. The second-order valence-corrected chi connectivity index (χ2v) is 7.64. The van der Waals surface area contributed by atoms with Gasteiger partial charge in [0.25, 0.3) is 21.4 Å². The van der Waals surface area contributed by atoms with E-state index in [1.165, 1.54) is 6.07 Å². The average molecular weight is 468 g/mol. The van der Waals surface area contributed by atoms with Crippen molar-refractivity contribution in [3.63, 3.8) is 0 Å². The Morgan fingerprint density at radius 2 is 1.93 bits per heavy atom. The first-order valence-electron chi connectivity index (χ1n) is 7.52. The maximum Gasteiger partial charge on any atom is 0.503 e. The lowest BCUT2D eigenvalue weighted by molar-refractivity contribution is -0.383. The van der Waals surface area contributed by atoms with Gasteiger partial charge in [0.05, 0.1) is 10.5 Å². The Kier molecular flexibility index (Phi) is 6.62. The van der Waals surface area contributed by atoms with Crippen molar-refractivity contribution < 1.29 is 40.8 Å². The van der Waals surface area contributed by atoms with Crippen LogP contribution in [0, 0.1) is 10.1 Å². The number of hydrogen-bond acceptors (Lipinski definition) is 8. The number of amides is 1. The molecule has 0 bridgehead atoms. The maximum absolute atomic E-state index is 12.7. The molecule has 160 valence electrons. The topological polar surface area (TPSA) is 146 Å². The molecule has 0 aliphatic carbocycles. The lowest BCUT2D eigenvalue weighted by atomic mass is 10.2. The Hall–Kier alpha value is -3.26. The molecule has 15 heteroatoms. The molecular weight excluding hydrogens is 459 g/mol. The van der Waals surface area contributed by atoms with Crippen LogP contribution in [0.15, 0.2) is 41.6 Å². The minimum Gasteiger partial charge on any atom is -0.452 e. The van der Waals surface area contributed by atoms with Crippen molar-refractivity contribution in [1.82, 2.24) is 4.98 Å². The third-order valence-corrected chi connectivity index (χ3v) is 4.99. The highest BCUT2D eigenvalue weighted by Gasteiger charge is 2.49. The first kappa shape index (κ1) is 23.0.